The van der Waals surface area contributed by atoms with Crippen LogP contribution in [0.5, 0.6) is 0 Å². The van der Waals surface area contributed by atoms with Crippen molar-refractivity contribution in [3.05, 3.63) is 71.8 Å². The van der Waals surface area contributed by atoms with E-state index in [1.165, 1.54) is 0 Å². The summed E-state index contributed by atoms with van der Waals surface area (Å²) in [6.45, 7) is 1.54. The van der Waals surface area contributed by atoms with E-state index in [1.54, 1.807) is 55.5 Å². The number of aliphatic hydroxyl groups excluding tert-OH is 1. The van der Waals surface area contributed by atoms with Crippen LogP contribution < -0.4 is 0 Å². The molecule has 0 fully saturated rings. The third-order valence-electron chi connectivity index (χ3n) is 3.48. The van der Waals surface area contributed by atoms with E-state index in [1.807, 2.05) is 12.1 Å². The van der Waals surface area contributed by atoms with Gasteiger partial charge in [0.05, 0.1) is 6.10 Å². The van der Waals surface area contributed by atoms with Crippen molar-refractivity contribution >= 4 is 5.97 Å². The van der Waals surface area contributed by atoms with Crippen LogP contribution in [-0.2, 0) is 10.2 Å². The van der Waals surface area contributed by atoms with E-state index in [2.05, 4.69) is 0 Å². The van der Waals surface area contributed by atoms with E-state index >= 15 is 0 Å². The fourth-order valence-electron chi connectivity index (χ4n) is 2.15. The maximum atomic E-state index is 11.7. The standard InChI is InChI=1S/C16H16O3/c1-16(15(18)19,13-10-6-3-7-11-13)14(17)12-8-4-2-5-9-12/h2-11,14,17H,1H3,(H,18,19)/t14-,16+/m1/s1. The van der Waals surface area contributed by atoms with Crippen LogP contribution in [0.25, 0.3) is 0 Å². The van der Waals surface area contributed by atoms with Crippen molar-refractivity contribution in [3.8, 4) is 0 Å². The van der Waals surface area contributed by atoms with Crippen LogP contribution in [0.15, 0.2) is 60.7 Å². The fraction of sp³-hybridized carbons (Fsp3) is 0.188. The second-order valence-corrected chi connectivity index (χ2v) is 4.69. The Labute approximate surface area is 112 Å². The second kappa shape index (κ2) is 5.24. The lowest BCUT2D eigenvalue weighted by Crippen LogP contribution is -2.38. The van der Waals surface area contributed by atoms with Gasteiger partial charge >= 0.3 is 5.97 Å². The molecule has 3 nitrogen and oxygen atoms in total. The number of carbonyl (C=O) groups is 1. The summed E-state index contributed by atoms with van der Waals surface area (Å²) >= 11 is 0. The van der Waals surface area contributed by atoms with Gasteiger partial charge in [-0.15, -0.1) is 0 Å². The molecule has 19 heavy (non-hydrogen) atoms. The Bertz CT molecular complexity index is 551. The van der Waals surface area contributed by atoms with Crippen molar-refractivity contribution in [2.75, 3.05) is 0 Å². The molecule has 0 aliphatic rings. The zero-order chi connectivity index (χ0) is 13.9. The van der Waals surface area contributed by atoms with Crippen LogP contribution in [0.2, 0.25) is 0 Å². The minimum Gasteiger partial charge on any atom is -0.481 e. The van der Waals surface area contributed by atoms with E-state index < -0.39 is 17.5 Å². The van der Waals surface area contributed by atoms with Crippen molar-refractivity contribution in [2.24, 2.45) is 0 Å². The normalized spacial score (nSPS) is 15.5. The number of hydrogen-bond donors (Lipinski definition) is 2. The molecule has 98 valence electrons. The molecule has 0 aliphatic carbocycles. The highest BCUT2D eigenvalue weighted by Gasteiger charge is 2.43. The summed E-state index contributed by atoms with van der Waals surface area (Å²) in [5, 5.41) is 20.0. The smallest absolute Gasteiger partial charge is 0.316 e. The molecule has 0 saturated carbocycles. The number of rotatable bonds is 4. The largest absolute Gasteiger partial charge is 0.481 e. The zero-order valence-corrected chi connectivity index (χ0v) is 10.7. The number of carboxylic acids is 1. The highest BCUT2D eigenvalue weighted by molar-refractivity contribution is 5.82. The Morgan fingerprint density at radius 3 is 1.95 bits per heavy atom. The molecule has 2 atom stereocenters. The van der Waals surface area contributed by atoms with Gasteiger partial charge in [0.25, 0.3) is 0 Å². The van der Waals surface area contributed by atoms with Gasteiger partial charge in [-0.3, -0.25) is 4.79 Å². The lowest BCUT2D eigenvalue weighted by atomic mass is 9.75. The monoisotopic (exact) mass is 256 g/mol. The van der Waals surface area contributed by atoms with Crippen molar-refractivity contribution in [3.63, 3.8) is 0 Å². The predicted molar refractivity (Wildman–Crippen MR) is 72.8 cm³/mol. The third kappa shape index (κ3) is 2.37. The van der Waals surface area contributed by atoms with Crippen molar-refractivity contribution in [1.29, 1.82) is 0 Å². The SMILES string of the molecule is C[C@](C(=O)O)(c1ccccc1)[C@H](O)c1ccccc1. The Morgan fingerprint density at radius 2 is 1.47 bits per heavy atom. The van der Waals surface area contributed by atoms with E-state index in [0.29, 0.717) is 11.1 Å². The van der Waals surface area contributed by atoms with Gasteiger partial charge in [-0.25, -0.2) is 0 Å². The van der Waals surface area contributed by atoms with Gasteiger partial charge in [-0.05, 0) is 18.1 Å². The van der Waals surface area contributed by atoms with Crippen LogP contribution in [0.4, 0.5) is 0 Å². The Morgan fingerprint density at radius 1 is 1.00 bits per heavy atom. The molecule has 2 aromatic carbocycles. The van der Waals surface area contributed by atoms with Gasteiger partial charge < -0.3 is 10.2 Å². The van der Waals surface area contributed by atoms with Gasteiger partial charge in [-0.2, -0.15) is 0 Å². The molecular weight excluding hydrogens is 240 g/mol. The van der Waals surface area contributed by atoms with Crippen LogP contribution >= 0.6 is 0 Å². The molecule has 2 rings (SSSR count). The number of hydrogen-bond acceptors (Lipinski definition) is 2. The first-order chi connectivity index (χ1) is 9.06. The lowest BCUT2D eigenvalue weighted by molar-refractivity contribution is -0.148. The molecule has 0 aromatic heterocycles. The number of aliphatic hydroxyl groups is 1. The summed E-state index contributed by atoms with van der Waals surface area (Å²) in [7, 11) is 0. The lowest BCUT2D eigenvalue weighted by Gasteiger charge is -2.31. The molecule has 2 aromatic rings. The average molecular weight is 256 g/mol. The number of aliphatic carboxylic acids is 1. The summed E-state index contributed by atoms with van der Waals surface area (Å²) in [5.41, 5.74) is -0.196. The van der Waals surface area contributed by atoms with Gasteiger partial charge in [0.15, 0.2) is 0 Å². The number of benzene rings is 2. The topological polar surface area (TPSA) is 57.5 Å². The molecule has 0 unspecified atom stereocenters. The highest BCUT2D eigenvalue weighted by Crippen LogP contribution is 2.37. The summed E-state index contributed by atoms with van der Waals surface area (Å²) in [4.78, 5) is 11.7. The quantitative estimate of drug-likeness (QED) is 0.884. The molecule has 0 saturated heterocycles. The van der Waals surface area contributed by atoms with E-state index in [0.717, 1.165) is 0 Å². The molecule has 0 amide bonds. The molecule has 0 bridgehead atoms. The summed E-state index contributed by atoms with van der Waals surface area (Å²) < 4.78 is 0. The number of carboxylic acid groups (broad SMARTS) is 1. The Hall–Kier alpha value is -2.13. The molecule has 2 N–H and O–H groups in total. The van der Waals surface area contributed by atoms with Crippen LogP contribution in [0.3, 0.4) is 0 Å². The Kier molecular flexibility index (Phi) is 3.67. The summed E-state index contributed by atoms with van der Waals surface area (Å²) in [5.74, 6) is -1.05. The Balaban J connectivity index is 2.49. The van der Waals surface area contributed by atoms with E-state index in [-0.39, 0.29) is 0 Å². The van der Waals surface area contributed by atoms with Crippen LogP contribution in [-0.4, -0.2) is 16.2 Å². The first kappa shape index (κ1) is 13.3. The van der Waals surface area contributed by atoms with Crippen molar-refractivity contribution < 1.29 is 15.0 Å². The molecule has 0 spiro atoms. The first-order valence-electron chi connectivity index (χ1n) is 6.08. The summed E-state index contributed by atoms with van der Waals surface area (Å²) in [6.07, 6.45) is -1.10. The third-order valence-corrected chi connectivity index (χ3v) is 3.48. The van der Waals surface area contributed by atoms with Gasteiger partial charge in [-0.1, -0.05) is 60.7 Å². The van der Waals surface area contributed by atoms with Crippen molar-refractivity contribution in [2.45, 2.75) is 18.4 Å². The van der Waals surface area contributed by atoms with E-state index in [4.69, 9.17) is 0 Å². The van der Waals surface area contributed by atoms with Gasteiger partial charge in [0, 0.05) is 0 Å². The molecule has 0 aliphatic heterocycles. The molecule has 0 radical (unpaired) electrons. The fourth-order valence-corrected chi connectivity index (χ4v) is 2.15. The van der Waals surface area contributed by atoms with Crippen LogP contribution in [0.1, 0.15) is 24.2 Å². The van der Waals surface area contributed by atoms with Gasteiger partial charge in [0.2, 0.25) is 0 Å². The molecule has 3 heteroatoms. The first-order valence-corrected chi connectivity index (χ1v) is 6.08. The predicted octanol–water partition coefficient (Wildman–Crippen LogP) is 2.76. The van der Waals surface area contributed by atoms with Crippen LogP contribution in [0, 0.1) is 0 Å². The molecular formula is C16H16O3. The average Bonchev–Trinajstić information content (AvgIpc) is 2.47. The second-order valence-electron chi connectivity index (χ2n) is 4.69. The van der Waals surface area contributed by atoms with E-state index in [9.17, 15) is 15.0 Å². The minimum absolute atomic E-state index is 0.582. The summed E-state index contributed by atoms with van der Waals surface area (Å²) in [6, 6.07) is 17.7. The van der Waals surface area contributed by atoms with Gasteiger partial charge in [0.1, 0.15) is 5.41 Å². The van der Waals surface area contributed by atoms with Crippen molar-refractivity contribution in [1.82, 2.24) is 0 Å². The maximum Gasteiger partial charge on any atom is 0.316 e. The minimum atomic E-state index is -1.37. The maximum absolute atomic E-state index is 11.7. The zero-order valence-electron chi connectivity index (χ0n) is 10.7. The highest BCUT2D eigenvalue weighted by atomic mass is 16.4. The molecule has 0 heterocycles.